The molecule has 4 aromatic carbocycles. The van der Waals surface area contributed by atoms with Crippen molar-refractivity contribution in [3.05, 3.63) is 166 Å². The van der Waals surface area contributed by atoms with E-state index in [1.165, 1.54) is 24.2 Å². The lowest BCUT2D eigenvalue weighted by molar-refractivity contribution is -0.00548. The van der Waals surface area contributed by atoms with E-state index < -0.39 is 11.2 Å². The van der Waals surface area contributed by atoms with Crippen LogP contribution in [0.25, 0.3) is 31.9 Å². The molecule has 0 saturated carbocycles. The minimum absolute atomic E-state index is 0.208. The largest absolute Gasteiger partial charge is 0.496 e. The Morgan fingerprint density at radius 3 is 1.38 bits per heavy atom. The molecule has 3 fully saturated rings. The fourth-order valence-electron chi connectivity index (χ4n) is 11.9. The van der Waals surface area contributed by atoms with Gasteiger partial charge in [0.05, 0.1) is 63.2 Å². The number of anilines is 2. The number of benzene rings is 4. The molecule has 3 aliphatic heterocycles. The number of aromatic nitrogens is 2. The fourth-order valence-corrected chi connectivity index (χ4v) is 11.9. The predicted octanol–water partition coefficient (Wildman–Crippen LogP) is 12.4. The van der Waals surface area contributed by atoms with Gasteiger partial charge in [-0.2, -0.15) is 0 Å². The van der Waals surface area contributed by atoms with Crippen LogP contribution in [0.4, 0.5) is 22.7 Å². The number of aliphatic hydroxyl groups is 1. The van der Waals surface area contributed by atoms with E-state index >= 15 is 0 Å². The van der Waals surface area contributed by atoms with Crippen LogP contribution in [0, 0.1) is 13.1 Å². The molecule has 1 N–H and O–H groups in total. The quantitative estimate of drug-likeness (QED) is 0.140. The fraction of sp³-hybridized carbons (Fsp3) is 0.429. The predicted molar refractivity (Wildman–Crippen MR) is 299 cm³/mol. The number of ether oxygens (including phenoxy) is 6. The lowest BCUT2D eigenvalue weighted by Crippen LogP contribution is -2.45. The van der Waals surface area contributed by atoms with Gasteiger partial charge in [-0.15, -0.1) is 0 Å². The van der Waals surface area contributed by atoms with Gasteiger partial charge in [0.1, 0.15) is 22.7 Å². The van der Waals surface area contributed by atoms with Gasteiger partial charge in [0.2, 0.25) is 0 Å². The molecule has 2 aliphatic carbocycles. The molecule has 76 heavy (non-hydrogen) atoms. The van der Waals surface area contributed by atoms with E-state index in [4.69, 9.17) is 51.5 Å². The first-order chi connectivity index (χ1) is 36.9. The molecule has 2 aromatic heterocycles. The number of morpholine rings is 2. The molecule has 0 bridgehead atoms. The summed E-state index contributed by atoms with van der Waals surface area (Å²) in [5.74, 6) is 1.63. The molecule has 0 amide bonds. The molecular weight excluding hydrogens is 953 g/mol. The Labute approximate surface area is 449 Å². The van der Waals surface area contributed by atoms with E-state index in [1.807, 2.05) is 48.8 Å². The van der Waals surface area contributed by atoms with E-state index in [0.717, 1.165) is 133 Å². The molecule has 6 atom stereocenters. The van der Waals surface area contributed by atoms with E-state index in [-0.39, 0.29) is 24.4 Å². The van der Waals surface area contributed by atoms with Crippen molar-refractivity contribution in [2.24, 2.45) is 0 Å². The Bertz CT molecular complexity index is 2980. The van der Waals surface area contributed by atoms with Gasteiger partial charge in [-0.25, -0.2) is 9.69 Å². The maximum atomic E-state index is 11.8. The maximum absolute atomic E-state index is 11.8. The van der Waals surface area contributed by atoms with Gasteiger partial charge in [-0.3, -0.25) is 9.97 Å². The molecule has 0 spiro atoms. The Morgan fingerprint density at radius 1 is 0.553 bits per heavy atom. The van der Waals surface area contributed by atoms with Gasteiger partial charge in [-0.1, -0.05) is 72.8 Å². The summed E-state index contributed by atoms with van der Waals surface area (Å²) in [6.07, 6.45) is 12.0. The number of methoxy groups -OCH3 is 3. The molecule has 11 rings (SSSR count). The highest BCUT2D eigenvalue weighted by Gasteiger charge is 2.42. The summed E-state index contributed by atoms with van der Waals surface area (Å²) in [6.45, 7) is 28.5. The molecule has 13 nitrogen and oxygen atoms in total. The average Bonchev–Trinajstić information content (AvgIpc) is 4.12. The smallest absolute Gasteiger partial charge is 0.187 e. The van der Waals surface area contributed by atoms with Crippen molar-refractivity contribution in [3.8, 4) is 33.8 Å². The minimum Gasteiger partial charge on any atom is -0.496 e. The van der Waals surface area contributed by atoms with Crippen molar-refractivity contribution in [1.82, 2.24) is 9.97 Å². The monoisotopic (exact) mass is 1020 g/mol. The minimum atomic E-state index is -1.20. The van der Waals surface area contributed by atoms with Gasteiger partial charge in [0, 0.05) is 92.5 Å². The third kappa shape index (κ3) is 11.3. The third-order valence-electron chi connectivity index (χ3n) is 15.4. The number of nitrogens with zero attached hydrogens (tertiary/aromatic N) is 6. The zero-order chi connectivity index (χ0) is 53.4. The normalized spacial score (nSPS) is 23.8. The molecule has 3 saturated heterocycles. The highest BCUT2D eigenvalue weighted by molar-refractivity contribution is 5.75. The average molecular weight is 1030 g/mol. The molecule has 0 radical (unpaired) electrons. The molecule has 396 valence electrons. The van der Waals surface area contributed by atoms with Crippen molar-refractivity contribution in [1.29, 1.82) is 0 Å². The highest BCUT2D eigenvalue weighted by Crippen LogP contribution is 2.49. The molecule has 6 aromatic rings. The van der Waals surface area contributed by atoms with Crippen LogP contribution in [-0.4, -0.2) is 100 Å². The summed E-state index contributed by atoms with van der Waals surface area (Å²) in [6, 6.07) is 32.0. The SMILES string of the molecule is C1CCOC1.[C-]#[N+]c1ccc(C2(O)CCCc3c2ncc(-c2ccc(N4C[C@@H](C)O[C@@H](C)C4)cc2)c3OC)cc1.[C-]#[N+]c1ccc(C2(OC)CCCc3c2ncc(-c2ccc(N4C[C@@H](C)O[C@@H](C)C4)cc2)c3OC)cc1. The Balaban J connectivity index is 0.000000170. The van der Waals surface area contributed by atoms with Crippen molar-refractivity contribution in [3.63, 3.8) is 0 Å². The van der Waals surface area contributed by atoms with Crippen LogP contribution in [0.3, 0.4) is 0 Å². The summed E-state index contributed by atoms with van der Waals surface area (Å²) in [5.41, 5.74) is 11.1. The Morgan fingerprint density at radius 2 is 0.974 bits per heavy atom. The van der Waals surface area contributed by atoms with Gasteiger partial charge < -0.3 is 43.3 Å². The van der Waals surface area contributed by atoms with Crippen LogP contribution >= 0.6 is 0 Å². The zero-order valence-corrected chi connectivity index (χ0v) is 45.2. The lowest BCUT2D eigenvalue weighted by atomic mass is 9.77. The highest BCUT2D eigenvalue weighted by atomic mass is 16.5. The second-order valence-electron chi connectivity index (χ2n) is 20.7. The molecule has 5 aliphatic rings. The van der Waals surface area contributed by atoms with Crippen LogP contribution < -0.4 is 19.3 Å². The second kappa shape index (κ2) is 24.0. The number of hydrogen-bond donors (Lipinski definition) is 1. The van der Waals surface area contributed by atoms with Crippen LogP contribution in [0.5, 0.6) is 11.5 Å². The number of rotatable bonds is 9. The molecule has 13 heteroatoms. The molecule has 2 unspecified atom stereocenters. The number of fused-ring (bicyclic) bond motifs is 2. The van der Waals surface area contributed by atoms with Gasteiger partial charge in [-0.05, 0) is 126 Å². The zero-order valence-electron chi connectivity index (χ0n) is 45.2. The van der Waals surface area contributed by atoms with E-state index in [0.29, 0.717) is 23.5 Å². The van der Waals surface area contributed by atoms with Crippen molar-refractivity contribution >= 4 is 22.7 Å². The summed E-state index contributed by atoms with van der Waals surface area (Å²) in [4.78, 5) is 21.5. The van der Waals surface area contributed by atoms with Crippen LogP contribution in [-0.2, 0) is 43.0 Å². The standard InChI is InChI=1S/C30H33N3O3.C29H31N3O3.C4H8O/c1-20-18-33(19-21(2)36-20)25-14-8-22(9-15-25)27-17-32-29-26(28(27)34-4)7-6-16-30(29,35-5)23-10-12-24(31-3)13-11-23;1-19-17-32(18-20(2)35-19)24-13-7-21(8-14-24)26-16-31-28-25(27(26)34-4)6-5-15-29(28,33)22-9-11-23(30-3)12-10-22;1-2-4-5-3-1/h8-15,17,20-21H,6-7,16,18-19H2,1-2,4-5H3;7-14,16,19-20,33H,5-6,15,17-18H2,1-2,4H3;1-4H2/t20-,21+,30?;19-,20+,29?;. The van der Waals surface area contributed by atoms with Crippen molar-refractivity contribution < 1.29 is 33.5 Å². The van der Waals surface area contributed by atoms with E-state index in [1.54, 1.807) is 33.5 Å². The van der Waals surface area contributed by atoms with Crippen LogP contribution in [0.2, 0.25) is 0 Å². The third-order valence-corrected chi connectivity index (χ3v) is 15.4. The molecule has 5 heterocycles. The summed E-state index contributed by atoms with van der Waals surface area (Å²) >= 11 is 0. The lowest BCUT2D eigenvalue weighted by Gasteiger charge is -2.38. The first-order valence-electron chi connectivity index (χ1n) is 26.9. The summed E-state index contributed by atoms with van der Waals surface area (Å²) in [7, 11) is 5.16. The number of pyridine rings is 2. The van der Waals surface area contributed by atoms with Gasteiger partial charge in [0.25, 0.3) is 0 Å². The first kappa shape index (κ1) is 54.0. The van der Waals surface area contributed by atoms with E-state index in [2.05, 4.69) is 95.7 Å². The topological polar surface area (TPSA) is 117 Å². The van der Waals surface area contributed by atoms with Crippen molar-refractivity contribution in [2.45, 2.75) is 115 Å². The van der Waals surface area contributed by atoms with Gasteiger partial charge >= 0.3 is 0 Å². The second-order valence-corrected chi connectivity index (χ2v) is 20.7. The number of hydrogen-bond acceptors (Lipinski definition) is 11. The summed E-state index contributed by atoms with van der Waals surface area (Å²) in [5, 5.41) is 11.8. The first-order valence-corrected chi connectivity index (χ1v) is 26.9. The van der Waals surface area contributed by atoms with Crippen LogP contribution in [0.1, 0.15) is 99.9 Å². The Kier molecular flexibility index (Phi) is 17.0. The van der Waals surface area contributed by atoms with Crippen molar-refractivity contribution in [2.75, 3.05) is 70.5 Å². The molecular formula is C63H72N6O7. The van der Waals surface area contributed by atoms with Gasteiger partial charge in [0.15, 0.2) is 11.4 Å². The Hall–Kier alpha value is -6.84. The van der Waals surface area contributed by atoms with E-state index in [9.17, 15) is 5.11 Å². The summed E-state index contributed by atoms with van der Waals surface area (Å²) < 4.78 is 34.9. The maximum Gasteiger partial charge on any atom is 0.187 e. The van der Waals surface area contributed by atoms with Crippen LogP contribution in [0.15, 0.2) is 109 Å².